The molecule has 2 aromatic rings. The molecule has 3 atom stereocenters. The Labute approximate surface area is 142 Å². The van der Waals surface area contributed by atoms with Crippen molar-refractivity contribution >= 4 is 6.03 Å². The molecule has 24 heavy (non-hydrogen) atoms. The lowest BCUT2D eigenvalue weighted by molar-refractivity contribution is 0.230. The molecule has 0 aliphatic heterocycles. The Morgan fingerprint density at radius 1 is 1.21 bits per heavy atom. The van der Waals surface area contributed by atoms with Gasteiger partial charge in [-0.15, -0.1) is 0 Å². The van der Waals surface area contributed by atoms with Crippen LogP contribution in [0.25, 0.3) is 0 Å². The molecule has 0 saturated heterocycles. The maximum Gasteiger partial charge on any atom is 0.315 e. The molecule has 1 aromatic heterocycles. The first kappa shape index (κ1) is 15.2. The first-order valence-electron chi connectivity index (χ1n) is 8.86. The standard InChI is InChI=1S/C19H24N4O/c24-19(22-17-11-15-6-7-16(17)10-15)21-12-18-20-8-9-23(18)13-14-4-2-1-3-5-14/h1-5,8-9,15-17H,6-7,10-13H2,(H2,21,22,24)/t15-,16-,17-/m0/s1. The molecule has 2 N–H and O–H groups in total. The molecule has 1 heterocycles. The molecule has 2 saturated carbocycles. The number of hydrogen-bond donors (Lipinski definition) is 2. The second-order valence-corrected chi connectivity index (χ2v) is 7.07. The number of rotatable bonds is 5. The van der Waals surface area contributed by atoms with Crippen LogP contribution >= 0.6 is 0 Å². The van der Waals surface area contributed by atoms with Gasteiger partial charge in [0.1, 0.15) is 5.82 Å². The smallest absolute Gasteiger partial charge is 0.315 e. The fraction of sp³-hybridized carbons (Fsp3) is 0.474. The van der Waals surface area contributed by atoms with Gasteiger partial charge in [-0.25, -0.2) is 9.78 Å². The van der Waals surface area contributed by atoms with Crippen molar-refractivity contribution < 1.29 is 4.79 Å². The van der Waals surface area contributed by atoms with Gasteiger partial charge in [0.25, 0.3) is 0 Å². The number of fused-ring (bicyclic) bond motifs is 2. The second-order valence-electron chi connectivity index (χ2n) is 7.07. The molecular formula is C19H24N4O. The second kappa shape index (κ2) is 6.67. The van der Waals surface area contributed by atoms with E-state index in [9.17, 15) is 4.79 Å². The van der Waals surface area contributed by atoms with Crippen molar-refractivity contribution in [1.29, 1.82) is 0 Å². The molecule has 0 spiro atoms. The lowest BCUT2D eigenvalue weighted by Crippen LogP contribution is -2.44. The van der Waals surface area contributed by atoms with Crippen LogP contribution in [0, 0.1) is 11.8 Å². The average molecular weight is 324 g/mol. The van der Waals surface area contributed by atoms with E-state index in [1.54, 1.807) is 6.20 Å². The van der Waals surface area contributed by atoms with Gasteiger partial charge in [-0.3, -0.25) is 0 Å². The van der Waals surface area contributed by atoms with Gasteiger partial charge in [-0.05, 0) is 36.7 Å². The minimum Gasteiger partial charge on any atom is -0.335 e. The lowest BCUT2D eigenvalue weighted by atomic mass is 9.95. The fourth-order valence-electron chi connectivity index (χ4n) is 4.23. The molecule has 2 amide bonds. The fourth-order valence-corrected chi connectivity index (χ4v) is 4.23. The third kappa shape index (κ3) is 3.30. The topological polar surface area (TPSA) is 59.0 Å². The summed E-state index contributed by atoms with van der Waals surface area (Å²) in [6.07, 6.45) is 8.82. The number of amides is 2. The highest BCUT2D eigenvalue weighted by Gasteiger charge is 2.40. The third-order valence-corrected chi connectivity index (χ3v) is 5.46. The Hall–Kier alpha value is -2.30. The van der Waals surface area contributed by atoms with Crippen molar-refractivity contribution in [2.75, 3.05) is 0 Å². The van der Waals surface area contributed by atoms with Crippen LogP contribution in [0.4, 0.5) is 4.79 Å². The Balaban J connectivity index is 1.30. The highest BCUT2D eigenvalue weighted by molar-refractivity contribution is 5.74. The molecule has 2 bridgehead atoms. The number of urea groups is 1. The number of aromatic nitrogens is 2. The van der Waals surface area contributed by atoms with Crippen molar-refractivity contribution in [2.45, 2.75) is 44.8 Å². The summed E-state index contributed by atoms with van der Waals surface area (Å²) in [5.41, 5.74) is 1.23. The number of carbonyl (C=O) groups excluding carboxylic acids is 1. The van der Waals surface area contributed by atoms with E-state index in [-0.39, 0.29) is 6.03 Å². The number of imidazole rings is 1. The SMILES string of the molecule is O=C(NCc1nccn1Cc1ccccc1)N[C@H]1C[C@H]2CC[C@H]1C2. The van der Waals surface area contributed by atoms with Crippen molar-refractivity contribution in [3.63, 3.8) is 0 Å². The molecule has 2 aliphatic rings. The first-order valence-corrected chi connectivity index (χ1v) is 8.86. The highest BCUT2D eigenvalue weighted by Crippen LogP contribution is 2.44. The predicted octanol–water partition coefficient (Wildman–Crippen LogP) is 2.92. The number of hydrogen-bond acceptors (Lipinski definition) is 2. The van der Waals surface area contributed by atoms with Gasteiger partial charge in [-0.1, -0.05) is 36.8 Å². The largest absolute Gasteiger partial charge is 0.335 e. The van der Waals surface area contributed by atoms with E-state index >= 15 is 0 Å². The summed E-state index contributed by atoms with van der Waals surface area (Å²) in [4.78, 5) is 16.6. The van der Waals surface area contributed by atoms with Crippen molar-refractivity contribution in [3.05, 3.63) is 54.1 Å². The highest BCUT2D eigenvalue weighted by atomic mass is 16.2. The van der Waals surface area contributed by atoms with Crippen LogP contribution in [0.5, 0.6) is 0 Å². The quantitative estimate of drug-likeness (QED) is 0.888. The minimum absolute atomic E-state index is 0.0678. The van der Waals surface area contributed by atoms with Gasteiger partial charge in [-0.2, -0.15) is 0 Å². The number of nitrogens with zero attached hydrogens (tertiary/aromatic N) is 2. The Kier molecular flexibility index (Phi) is 4.24. The van der Waals surface area contributed by atoms with Gasteiger partial charge in [0.15, 0.2) is 0 Å². The van der Waals surface area contributed by atoms with E-state index < -0.39 is 0 Å². The summed E-state index contributed by atoms with van der Waals surface area (Å²) in [5.74, 6) is 2.41. The lowest BCUT2D eigenvalue weighted by Gasteiger charge is -2.23. The monoisotopic (exact) mass is 324 g/mol. The summed E-state index contributed by atoms with van der Waals surface area (Å²) < 4.78 is 2.08. The molecule has 5 nitrogen and oxygen atoms in total. The first-order chi connectivity index (χ1) is 11.8. The molecule has 1 aromatic carbocycles. The van der Waals surface area contributed by atoms with Crippen LogP contribution in [0.1, 0.15) is 37.1 Å². The molecule has 0 unspecified atom stereocenters. The van der Waals surface area contributed by atoms with Gasteiger partial charge >= 0.3 is 6.03 Å². The number of carbonyl (C=O) groups is 1. The maximum atomic E-state index is 12.2. The van der Waals surface area contributed by atoms with Crippen LogP contribution in [0.2, 0.25) is 0 Å². The zero-order chi connectivity index (χ0) is 16.4. The summed E-state index contributed by atoms with van der Waals surface area (Å²) in [6.45, 7) is 1.22. The maximum absolute atomic E-state index is 12.2. The molecule has 2 aliphatic carbocycles. The van der Waals surface area contributed by atoms with Crippen LogP contribution in [-0.2, 0) is 13.1 Å². The average Bonchev–Trinajstić information content (AvgIpc) is 3.31. The van der Waals surface area contributed by atoms with Crippen LogP contribution in [0.3, 0.4) is 0 Å². The Bertz CT molecular complexity index is 696. The van der Waals surface area contributed by atoms with Crippen molar-refractivity contribution in [2.24, 2.45) is 11.8 Å². The normalized spacial score (nSPS) is 24.9. The molecule has 2 fully saturated rings. The van der Waals surface area contributed by atoms with Gasteiger partial charge in [0.2, 0.25) is 0 Å². The van der Waals surface area contributed by atoms with Gasteiger partial charge < -0.3 is 15.2 Å². The molecule has 4 rings (SSSR count). The summed E-state index contributed by atoms with van der Waals surface area (Å²) in [7, 11) is 0. The van der Waals surface area contributed by atoms with E-state index in [2.05, 4.69) is 32.3 Å². The Morgan fingerprint density at radius 2 is 2.08 bits per heavy atom. The molecule has 0 radical (unpaired) electrons. The van der Waals surface area contributed by atoms with E-state index in [0.717, 1.165) is 24.7 Å². The van der Waals surface area contributed by atoms with E-state index in [0.29, 0.717) is 18.5 Å². The van der Waals surface area contributed by atoms with E-state index in [1.807, 2.05) is 24.4 Å². The van der Waals surface area contributed by atoms with Gasteiger partial charge in [0.05, 0.1) is 6.54 Å². The zero-order valence-corrected chi connectivity index (χ0v) is 13.8. The van der Waals surface area contributed by atoms with Crippen LogP contribution in [-0.4, -0.2) is 21.6 Å². The number of nitrogens with one attached hydrogen (secondary N) is 2. The summed E-state index contributed by atoms with van der Waals surface area (Å²) >= 11 is 0. The summed E-state index contributed by atoms with van der Waals surface area (Å²) in [6, 6.07) is 10.6. The van der Waals surface area contributed by atoms with E-state index in [1.165, 1.54) is 24.8 Å². The molecule has 126 valence electrons. The van der Waals surface area contributed by atoms with Crippen molar-refractivity contribution in [1.82, 2.24) is 20.2 Å². The van der Waals surface area contributed by atoms with Gasteiger partial charge in [0, 0.05) is 25.0 Å². The third-order valence-electron chi connectivity index (χ3n) is 5.46. The number of benzene rings is 1. The molecule has 5 heteroatoms. The molecular weight excluding hydrogens is 300 g/mol. The summed E-state index contributed by atoms with van der Waals surface area (Å²) in [5, 5.41) is 6.12. The predicted molar refractivity (Wildman–Crippen MR) is 92.4 cm³/mol. The van der Waals surface area contributed by atoms with Crippen LogP contribution < -0.4 is 10.6 Å². The Morgan fingerprint density at radius 3 is 2.83 bits per heavy atom. The van der Waals surface area contributed by atoms with E-state index in [4.69, 9.17) is 0 Å². The zero-order valence-electron chi connectivity index (χ0n) is 13.8. The van der Waals surface area contributed by atoms with Crippen LogP contribution in [0.15, 0.2) is 42.7 Å². The minimum atomic E-state index is -0.0678. The van der Waals surface area contributed by atoms with Crippen molar-refractivity contribution in [3.8, 4) is 0 Å².